The van der Waals surface area contributed by atoms with Crippen molar-refractivity contribution >= 4 is 28.2 Å². The third-order valence-electron chi connectivity index (χ3n) is 5.66. The Morgan fingerprint density at radius 1 is 1.23 bits per heavy atom. The fraction of sp³-hybridized carbons (Fsp3) is 0.348. The summed E-state index contributed by atoms with van der Waals surface area (Å²) < 4.78 is 16.2. The number of rotatable bonds is 6. The Bertz CT molecular complexity index is 1160. The minimum atomic E-state index is -0.443. The van der Waals surface area contributed by atoms with Gasteiger partial charge in [0.15, 0.2) is 5.69 Å². The van der Waals surface area contributed by atoms with Crippen molar-refractivity contribution < 1.29 is 23.6 Å². The fourth-order valence-electron chi connectivity index (χ4n) is 3.74. The fourth-order valence-corrected chi connectivity index (χ4v) is 5.02. The maximum absolute atomic E-state index is 13.0. The second-order valence-corrected chi connectivity index (χ2v) is 8.66. The van der Waals surface area contributed by atoms with Crippen LogP contribution in [0.1, 0.15) is 60.2 Å². The molecule has 1 amide bonds. The van der Waals surface area contributed by atoms with Gasteiger partial charge < -0.3 is 19.3 Å². The SMILES string of the molecule is COC(=O)c1c(NC(=O)c2noc(C)c2COc2cccc(C)c2C)sc2c1CCC2. The summed E-state index contributed by atoms with van der Waals surface area (Å²) in [6.45, 7) is 5.89. The molecule has 2 heterocycles. The van der Waals surface area contributed by atoms with Gasteiger partial charge in [0.1, 0.15) is 23.1 Å². The van der Waals surface area contributed by atoms with Crippen LogP contribution in [0.15, 0.2) is 22.7 Å². The minimum Gasteiger partial charge on any atom is -0.488 e. The van der Waals surface area contributed by atoms with Crippen LogP contribution < -0.4 is 10.1 Å². The Morgan fingerprint density at radius 2 is 2.03 bits per heavy atom. The number of thiophene rings is 1. The van der Waals surface area contributed by atoms with Gasteiger partial charge in [-0.25, -0.2) is 4.79 Å². The quantitative estimate of drug-likeness (QED) is 0.556. The lowest BCUT2D eigenvalue weighted by Gasteiger charge is -2.11. The zero-order valence-corrected chi connectivity index (χ0v) is 18.8. The van der Waals surface area contributed by atoms with Crippen molar-refractivity contribution in [2.24, 2.45) is 0 Å². The number of hydrogen-bond acceptors (Lipinski definition) is 7. The summed E-state index contributed by atoms with van der Waals surface area (Å²) >= 11 is 1.42. The Labute approximate surface area is 184 Å². The van der Waals surface area contributed by atoms with Crippen molar-refractivity contribution in [3.8, 4) is 5.75 Å². The molecule has 31 heavy (non-hydrogen) atoms. The van der Waals surface area contributed by atoms with Gasteiger partial charge in [0.25, 0.3) is 5.91 Å². The van der Waals surface area contributed by atoms with E-state index in [1.165, 1.54) is 18.4 Å². The molecule has 8 heteroatoms. The van der Waals surface area contributed by atoms with Crippen molar-refractivity contribution in [2.45, 2.75) is 46.6 Å². The van der Waals surface area contributed by atoms with E-state index in [-0.39, 0.29) is 12.3 Å². The topological polar surface area (TPSA) is 90.7 Å². The molecule has 0 aliphatic heterocycles. The summed E-state index contributed by atoms with van der Waals surface area (Å²) in [5.41, 5.74) is 4.30. The van der Waals surface area contributed by atoms with Gasteiger partial charge in [-0.15, -0.1) is 11.3 Å². The zero-order chi connectivity index (χ0) is 22.1. The molecule has 1 aromatic carbocycles. The molecule has 1 N–H and O–H groups in total. The number of nitrogens with zero attached hydrogens (tertiary/aromatic N) is 1. The first kappa shape index (κ1) is 21.1. The molecule has 4 rings (SSSR count). The van der Waals surface area contributed by atoms with Crippen molar-refractivity contribution in [3.05, 3.63) is 62.3 Å². The molecule has 0 fully saturated rings. The molecule has 0 saturated carbocycles. The summed E-state index contributed by atoms with van der Waals surface area (Å²) in [6.07, 6.45) is 2.71. The van der Waals surface area contributed by atoms with Crippen molar-refractivity contribution in [1.29, 1.82) is 0 Å². The van der Waals surface area contributed by atoms with E-state index in [0.29, 0.717) is 21.9 Å². The Balaban J connectivity index is 1.57. The molecule has 0 spiro atoms. The third-order valence-corrected chi connectivity index (χ3v) is 6.87. The number of aromatic nitrogens is 1. The van der Waals surface area contributed by atoms with Gasteiger partial charge in [-0.2, -0.15) is 0 Å². The highest BCUT2D eigenvalue weighted by Gasteiger charge is 2.29. The summed E-state index contributed by atoms with van der Waals surface area (Å²) in [5, 5.41) is 7.28. The Morgan fingerprint density at radius 3 is 2.81 bits per heavy atom. The average molecular weight is 441 g/mol. The molecule has 0 unspecified atom stereocenters. The molecule has 0 atom stereocenters. The predicted octanol–water partition coefficient (Wildman–Crippen LogP) is 4.77. The number of methoxy groups -OCH3 is 1. The molecular weight excluding hydrogens is 416 g/mol. The van der Waals surface area contributed by atoms with Crippen LogP contribution in [-0.4, -0.2) is 24.1 Å². The molecule has 1 aliphatic carbocycles. The van der Waals surface area contributed by atoms with Crippen LogP contribution in [-0.2, 0) is 24.2 Å². The number of ether oxygens (including phenoxy) is 2. The Kier molecular flexibility index (Phi) is 5.82. The first-order valence-corrected chi connectivity index (χ1v) is 10.9. The molecule has 0 bridgehead atoms. The number of amides is 1. The van der Waals surface area contributed by atoms with E-state index >= 15 is 0 Å². The van der Waals surface area contributed by atoms with Crippen LogP contribution in [0.2, 0.25) is 0 Å². The maximum Gasteiger partial charge on any atom is 0.341 e. The number of carbonyl (C=O) groups excluding carboxylic acids is 2. The van der Waals surface area contributed by atoms with E-state index in [0.717, 1.165) is 46.6 Å². The van der Waals surface area contributed by atoms with Gasteiger partial charge in [0.05, 0.1) is 18.2 Å². The molecule has 7 nitrogen and oxygen atoms in total. The van der Waals surface area contributed by atoms with E-state index in [4.69, 9.17) is 14.0 Å². The molecule has 1 aliphatic rings. The number of esters is 1. The second-order valence-electron chi connectivity index (χ2n) is 7.56. The summed E-state index contributed by atoms with van der Waals surface area (Å²) in [6, 6.07) is 5.83. The van der Waals surface area contributed by atoms with E-state index in [2.05, 4.69) is 10.5 Å². The summed E-state index contributed by atoms with van der Waals surface area (Å²) in [4.78, 5) is 26.5. The molecule has 2 aromatic heterocycles. The largest absolute Gasteiger partial charge is 0.488 e. The van der Waals surface area contributed by atoms with E-state index in [9.17, 15) is 9.59 Å². The molecule has 0 saturated heterocycles. The number of fused-ring (bicyclic) bond motifs is 1. The highest BCUT2D eigenvalue weighted by atomic mass is 32.1. The normalized spacial score (nSPS) is 12.5. The van der Waals surface area contributed by atoms with Crippen LogP contribution >= 0.6 is 11.3 Å². The van der Waals surface area contributed by atoms with E-state index < -0.39 is 11.9 Å². The van der Waals surface area contributed by atoms with Gasteiger partial charge in [0, 0.05) is 4.88 Å². The standard InChI is InChI=1S/C23H24N2O5S/c1-12-7-5-9-17(13(12)2)29-11-16-14(3)30-25-20(16)21(26)24-22-19(23(27)28-4)15-8-6-10-18(15)31-22/h5,7,9H,6,8,10-11H2,1-4H3,(H,24,26). The first-order valence-electron chi connectivity index (χ1n) is 10.1. The summed E-state index contributed by atoms with van der Waals surface area (Å²) in [5.74, 6) is 0.373. The summed E-state index contributed by atoms with van der Waals surface area (Å²) in [7, 11) is 1.34. The highest BCUT2D eigenvalue weighted by molar-refractivity contribution is 7.17. The van der Waals surface area contributed by atoms with Crippen molar-refractivity contribution in [2.75, 3.05) is 12.4 Å². The molecule has 0 radical (unpaired) electrons. The number of anilines is 1. The third kappa shape index (κ3) is 3.95. The number of carbonyl (C=O) groups is 2. The van der Waals surface area contributed by atoms with Gasteiger partial charge in [0.2, 0.25) is 0 Å². The van der Waals surface area contributed by atoms with E-state index in [1.54, 1.807) is 6.92 Å². The van der Waals surface area contributed by atoms with Crippen molar-refractivity contribution in [3.63, 3.8) is 0 Å². The molecular formula is C23H24N2O5S. The van der Waals surface area contributed by atoms with E-state index in [1.807, 2.05) is 32.0 Å². The monoisotopic (exact) mass is 440 g/mol. The second kappa shape index (κ2) is 8.55. The average Bonchev–Trinajstić information content (AvgIpc) is 3.43. The lowest BCUT2D eigenvalue weighted by atomic mass is 10.1. The number of hydrogen-bond donors (Lipinski definition) is 1. The number of aryl methyl sites for hydroxylation is 3. The van der Waals surface area contributed by atoms with Gasteiger partial charge >= 0.3 is 5.97 Å². The van der Waals surface area contributed by atoms with Crippen LogP contribution in [0.4, 0.5) is 5.00 Å². The predicted molar refractivity (Wildman–Crippen MR) is 117 cm³/mol. The first-order chi connectivity index (χ1) is 14.9. The van der Waals surface area contributed by atoms with Crippen molar-refractivity contribution in [1.82, 2.24) is 5.16 Å². The maximum atomic E-state index is 13.0. The zero-order valence-electron chi connectivity index (χ0n) is 18.0. The van der Waals surface area contributed by atoms with Crippen LogP contribution in [0.5, 0.6) is 5.75 Å². The van der Waals surface area contributed by atoms with Crippen LogP contribution in [0, 0.1) is 20.8 Å². The molecule has 162 valence electrons. The smallest absolute Gasteiger partial charge is 0.341 e. The molecule has 3 aromatic rings. The van der Waals surface area contributed by atoms with Gasteiger partial charge in [-0.05, 0) is 62.8 Å². The van der Waals surface area contributed by atoms with Crippen LogP contribution in [0.25, 0.3) is 0 Å². The van der Waals surface area contributed by atoms with Gasteiger partial charge in [-0.1, -0.05) is 17.3 Å². The highest BCUT2D eigenvalue weighted by Crippen LogP contribution is 2.39. The van der Waals surface area contributed by atoms with Crippen LogP contribution in [0.3, 0.4) is 0 Å². The number of benzene rings is 1. The van der Waals surface area contributed by atoms with Gasteiger partial charge in [-0.3, -0.25) is 4.79 Å². The number of nitrogens with one attached hydrogen (secondary N) is 1. The lowest BCUT2D eigenvalue weighted by molar-refractivity contribution is 0.0601. The minimum absolute atomic E-state index is 0.146. The lowest BCUT2D eigenvalue weighted by Crippen LogP contribution is -2.17. The Hall–Kier alpha value is -3.13.